The normalized spacial score (nSPS) is 35.0. The van der Waals surface area contributed by atoms with Crippen LogP contribution >= 0.6 is 11.6 Å². The van der Waals surface area contributed by atoms with Crippen LogP contribution in [0.1, 0.15) is 61.0 Å². The van der Waals surface area contributed by atoms with Crippen molar-refractivity contribution >= 4 is 11.6 Å². The minimum atomic E-state index is -0.116. The molecule has 0 spiro atoms. The molecule has 1 aromatic heterocycles. The molecular formula is C26H36ClFN6O. The van der Waals surface area contributed by atoms with E-state index in [-0.39, 0.29) is 29.6 Å². The number of aryl methyl sites for hydroxylation is 2. The van der Waals surface area contributed by atoms with Crippen LogP contribution in [0.4, 0.5) is 4.39 Å². The topological polar surface area (TPSA) is 67.2 Å². The van der Waals surface area contributed by atoms with E-state index in [4.69, 9.17) is 16.3 Å². The molecular weight excluding hydrogens is 467 g/mol. The molecule has 7 atom stereocenters. The Balaban J connectivity index is 1.42. The third-order valence-electron chi connectivity index (χ3n) is 8.91. The first-order chi connectivity index (χ1) is 17.0. The molecule has 4 aliphatic rings. The zero-order valence-electron chi connectivity index (χ0n) is 20.5. The molecule has 4 saturated heterocycles. The average molecular weight is 503 g/mol. The van der Waals surface area contributed by atoms with Gasteiger partial charge in [-0.2, -0.15) is 0 Å². The van der Waals surface area contributed by atoms with Gasteiger partial charge >= 0.3 is 0 Å². The Morgan fingerprint density at radius 3 is 2.71 bits per heavy atom. The summed E-state index contributed by atoms with van der Waals surface area (Å²) in [4.78, 5) is 2.62. The van der Waals surface area contributed by atoms with Crippen LogP contribution in [-0.2, 0) is 11.8 Å². The maximum Gasteiger partial charge on any atom is 0.127 e. The number of nitrogens with zero attached hydrogens (tertiary/aromatic N) is 4. The maximum absolute atomic E-state index is 15.4. The van der Waals surface area contributed by atoms with E-state index in [0.717, 1.165) is 63.1 Å². The van der Waals surface area contributed by atoms with Crippen LogP contribution in [0.2, 0.25) is 0 Å². The van der Waals surface area contributed by atoms with Gasteiger partial charge in [-0.15, -0.1) is 16.7 Å². The summed E-state index contributed by atoms with van der Waals surface area (Å²) in [6, 6.07) is 7.95. The van der Waals surface area contributed by atoms with E-state index in [0.29, 0.717) is 23.8 Å². The molecule has 9 heteroatoms. The van der Waals surface area contributed by atoms with Crippen LogP contribution in [0.3, 0.4) is 0 Å². The van der Waals surface area contributed by atoms with Crippen LogP contribution in [-0.4, -0.2) is 63.4 Å². The third-order valence-corrected chi connectivity index (χ3v) is 9.25. The highest BCUT2D eigenvalue weighted by Crippen LogP contribution is 2.49. The largest absolute Gasteiger partial charge is 0.381 e. The van der Waals surface area contributed by atoms with Gasteiger partial charge in [0.05, 0.1) is 23.1 Å². The summed E-state index contributed by atoms with van der Waals surface area (Å²) in [7, 11) is 1.98. The Labute approximate surface area is 211 Å². The Kier molecular flexibility index (Phi) is 6.60. The molecule has 35 heavy (non-hydrogen) atoms. The molecule has 6 rings (SSSR count). The summed E-state index contributed by atoms with van der Waals surface area (Å²) in [5.41, 5.74) is 2.93. The highest BCUT2D eigenvalue weighted by Gasteiger charge is 2.56. The first-order valence-electron chi connectivity index (χ1n) is 13.1. The molecule has 7 nitrogen and oxygen atoms in total. The average Bonchev–Trinajstić information content (AvgIpc) is 3.36. The Hall–Kier alpha value is -1.58. The molecule has 0 bridgehead atoms. The lowest BCUT2D eigenvalue weighted by atomic mass is 9.81. The lowest BCUT2D eigenvalue weighted by molar-refractivity contribution is -0.0105. The van der Waals surface area contributed by atoms with Gasteiger partial charge in [0, 0.05) is 62.3 Å². The van der Waals surface area contributed by atoms with Crippen molar-refractivity contribution in [3.63, 3.8) is 0 Å². The number of rotatable bonds is 4. The van der Waals surface area contributed by atoms with Gasteiger partial charge in [0.2, 0.25) is 0 Å². The zero-order valence-corrected chi connectivity index (χ0v) is 21.3. The smallest absolute Gasteiger partial charge is 0.127 e. The number of likely N-dealkylation sites (tertiary alicyclic amines) is 1. The predicted molar refractivity (Wildman–Crippen MR) is 132 cm³/mol. The number of piperidine rings is 2. The fourth-order valence-electron chi connectivity index (χ4n) is 7.48. The summed E-state index contributed by atoms with van der Waals surface area (Å²) in [6.07, 6.45) is 5.02. The monoisotopic (exact) mass is 502 g/mol. The van der Waals surface area contributed by atoms with Crippen LogP contribution in [0, 0.1) is 24.6 Å². The number of hydrogen-bond acceptors (Lipinski definition) is 6. The third kappa shape index (κ3) is 4.21. The van der Waals surface area contributed by atoms with Crippen LogP contribution in [0.5, 0.6) is 0 Å². The number of fused-ring (bicyclic) bond motifs is 3. The van der Waals surface area contributed by atoms with Crippen molar-refractivity contribution in [2.45, 2.75) is 74.7 Å². The molecule has 4 fully saturated rings. The molecule has 2 aromatic rings. The van der Waals surface area contributed by atoms with E-state index < -0.39 is 0 Å². The van der Waals surface area contributed by atoms with Crippen molar-refractivity contribution < 1.29 is 9.13 Å². The van der Waals surface area contributed by atoms with Gasteiger partial charge in [0.15, 0.2) is 0 Å². The molecule has 1 aromatic carbocycles. The Morgan fingerprint density at radius 2 is 1.97 bits per heavy atom. The SMILES string of the molecule is Cc1nnn(C)c1C1CNC2C3CCC(Cl)NC3N([C@H](c3ccccc3F)C3CCOCC3)C2C1. The summed E-state index contributed by atoms with van der Waals surface area (Å²) >= 11 is 6.69. The molecule has 6 unspecified atom stereocenters. The lowest BCUT2D eigenvalue weighted by Crippen LogP contribution is -2.55. The number of hydrogen-bond donors (Lipinski definition) is 2. The maximum atomic E-state index is 15.4. The van der Waals surface area contributed by atoms with Gasteiger partial charge in [0.25, 0.3) is 0 Å². The number of nitrogens with one attached hydrogen (secondary N) is 2. The second kappa shape index (κ2) is 9.71. The highest BCUT2D eigenvalue weighted by molar-refractivity contribution is 6.20. The zero-order chi connectivity index (χ0) is 24.1. The van der Waals surface area contributed by atoms with Crippen LogP contribution in [0.15, 0.2) is 24.3 Å². The van der Waals surface area contributed by atoms with Crippen molar-refractivity contribution in [1.29, 1.82) is 0 Å². The van der Waals surface area contributed by atoms with Gasteiger partial charge in [-0.25, -0.2) is 4.39 Å². The van der Waals surface area contributed by atoms with Crippen molar-refractivity contribution in [2.75, 3.05) is 19.8 Å². The fraction of sp³-hybridized carbons (Fsp3) is 0.692. The fourth-order valence-corrected chi connectivity index (χ4v) is 7.73. The van der Waals surface area contributed by atoms with Crippen LogP contribution in [0.25, 0.3) is 0 Å². The van der Waals surface area contributed by atoms with E-state index in [9.17, 15) is 0 Å². The molecule has 0 saturated carbocycles. The van der Waals surface area contributed by atoms with Crippen molar-refractivity contribution in [2.24, 2.45) is 18.9 Å². The Bertz CT molecular complexity index is 1030. The van der Waals surface area contributed by atoms with Crippen molar-refractivity contribution in [1.82, 2.24) is 30.5 Å². The first-order valence-corrected chi connectivity index (χ1v) is 13.6. The van der Waals surface area contributed by atoms with Gasteiger partial charge < -0.3 is 10.1 Å². The van der Waals surface area contributed by atoms with E-state index in [1.54, 1.807) is 12.1 Å². The van der Waals surface area contributed by atoms with E-state index >= 15 is 4.39 Å². The summed E-state index contributed by atoms with van der Waals surface area (Å²) < 4.78 is 23.1. The molecule has 0 amide bonds. The predicted octanol–water partition coefficient (Wildman–Crippen LogP) is 3.45. The number of ether oxygens (including phenoxy) is 1. The van der Waals surface area contributed by atoms with Gasteiger partial charge in [0.1, 0.15) is 5.82 Å². The van der Waals surface area contributed by atoms with Crippen molar-refractivity contribution in [3.8, 4) is 0 Å². The number of alkyl halides is 1. The van der Waals surface area contributed by atoms with E-state index in [2.05, 4.69) is 25.8 Å². The van der Waals surface area contributed by atoms with Gasteiger partial charge in [-0.1, -0.05) is 23.4 Å². The minimum Gasteiger partial charge on any atom is -0.381 e. The van der Waals surface area contributed by atoms with E-state index in [1.807, 2.05) is 30.8 Å². The van der Waals surface area contributed by atoms with Gasteiger partial charge in [-0.3, -0.25) is 14.9 Å². The molecule has 5 heterocycles. The first kappa shape index (κ1) is 23.8. The second-order valence-corrected chi connectivity index (χ2v) is 11.3. The van der Waals surface area contributed by atoms with E-state index in [1.165, 1.54) is 5.69 Å². The molecule has 4 aliphatic heterocycles. The molecule has 0 aliphatic carbocycles. The lowest BCUT2D eigenvalue weighted by Gasteiger charge is -2.46. The summed E-state index contributed by atoms with van der Waals surface area (Å²) in [6.45, 7) is 4.42. The van der Waals surface area contributed by atoms with Crippen molar-refractivity contribution in [3.05, 3.63) is 47.0 Å². The minimum absolute atomic E-state index is 0.0247. The molecule has 2 N–H and O–H groups in total. The molecule has 0 radical (unpaired) electrons. The quantitative estimate of drug-likeness (QED) is 0.493. The molecule has 190 valence electrons. The number of halogens is 2. The number of benzene rings is 1. The van der Waals surface area contributed by atoms with Crippen LogP contribution < -0.4 is 10.6 Å². The standard InChI is InChI=1S/C26H36ClFN6O/c1-15-24(33(2)32-31-15)17-13-21-23(29-14-17)19-7-8-22(27)30-26(19)34(21)25(16-9-11-35-12-10-16)18-5-3-4-6-20(18)28/h3-6,16-17,19,21-23,25-26,29-30H,7-14H2,1-2H3/t17?,19?,21?,22?,23?,25-,26?/m0/s1. The number of aromatic nitrogens is 3. The second-order valence-electron chi connectivity index (χ2n) is 10.8. The van der Waals surface area contributed by atoms with Gasteiger partial charge in [-0.05, 0) is 51.0 Å². The summed E-state index contributed by atoms with van der Waals surface area (Å²) in [5, 5.41) is 16.3. The summed E-state index contributed by atoms with van der Waals surface area (Å²) in [5.74, 6) is 0.963. The Morgan fingerprint density at radius 1 is 1.17 bits per heavy atom. The highest BCUT2D eigenvalue weighted by atomic mass is 35.5.